The van der Waals surface area contributed by atoms with E-state index in [1.54, 1.807) is 24.4 Å². The molecule has 0 aliphatic carbocycles. The third-order valence-corrected chi connectivity index (χ3v) is 1.77. The molecule has 0 spiro atoms. The Morgan fingerprint density at radius 3 is 2.83 bits per heavy atom. The van der Waals surface area contributed by atoms with Crippen LogP contribution < -0.4 is 5.73 Å². The van der Waals surface area contributed by atoms with Gasteiger partial charge in [0.25, 0.3) is 0 Å². The zero-order chi connectivity index (χ0) is 8.55. The monoisotopic (exact) mass is 162 g/mol. The molecule has 0 saturated carbocycles. The molecule has 12 heavy (non-hydrogen) atoms. The van der Waals surface area contributed by atoms with E-state index in [9.17, 15) is 4.39 Å². The average Bonchev–Trinajstić information content (AvgIpc) is 2.04. The first kappa shape index (κ1) is 7.03. The fourth-order valence-electron chi connectivity index (χ4n) is 1.22. The van der Waals surface area contributed by atoms with Crippen LogP contribution in [0.4, 0.5) is 10.1 Å². The maximum Gasteiger partial charge on any atom is 0.151 e. The van der Waals surface area contributed by atoms with Crippen LogP contribution in [0.3, 0.4) is 0 Å². The van der Waals surface area contributed by atoms with Gasteiger partial charge in [-0.15, -0.1) is 0 Å². The van der Waals surface area contributed by atoms with Gasteiger partial charge in [0.15, 0.2) is 5.82 Å². The summed E-state index contributed by atoms with van der Waals surface area (Å²) in [5.41, 5.74) is 6.04. The van der Waals surface area contributed by atoms with Gasteiger partial charge in [0.2, 0.25) is 0 Å². The van der Waals surface area contributed by atoms with Crippen LogP contribution in [0.2, 0.25) is 0 Å². The highest BCUT2D eigenvalue weighted by atomic mass is 19.1. The molecule has 1 heterocycles. The molecule has 3 heteroatoms. The molecule has 1 aromatic carbocycles. The van der Waals surface area contributed by atoms with E-state index >= 15 is 0 Å². The summed E-state index contributed by atoms with van der Waals surface area (Å²) in [6, 6.07) is 5.23. The van der Waals surface area contributed by atoms with E-state index < -0.39 is 0 Å². The smallest absolute Gasteiger partial charge is 0.151 e. The topological polar surface area (TPSA) is 38.9 Å². The normalized spacial score (nSPS) is 10.4. The standard InChI is InChI=1S/C9H7FN2/c10-7-5-12-4-6-2-1-3-8(11)9(6)7/h1-5H,11H2. The van der Waals surface area contributed by atoms with Gasteiger partial charge in [-0.1, -0.05) is 12.1 Å². The molecular formula is C9H7FN2. The number of halogens is 1. The number of nitrogen functional groups attached to an aromatic ring is 1. The molecule has 0 aliphatic rings. The van der Waals surface area contributed by atoms with E-state index in [2.05, 4.69) is 4.98 Å². The second-order valence-corrected chi connectivity index (χ2v) is 2.57. The van der Waals surface area contributed by atoms with E-state index in [1.807, 2.05) is 0 Å². The molecule has 2 nitrogen and oxygen atoms in total. The molecule has 0 unspecified atom stereocenters. The van der Waals surface area contributed by atoms with Crippen molar-refractivity contribution in [2.24, 2.45) is 0 Å². The molecule has 0 saturated heterocycles. The van der Waals surface area contributed by atoms with Gasteiger partial charge < -0.3 is 5.73 Å². The van der Waals surface area contributed by atoms with Crippen LogP contribution in [0.5, 0.6) is 0 Å². The first-order valence-corrected chi connectivity index (χ1v) is 3.57. The minimum absolute atomic E-state index is 0.370. The van der Waals surface area contributed by atoms with E-state index in [-0.39, 0.29) is 5.82 Å². The highest BCUT2D eigenvalue weighted by molar-refractivity contribution is 5.92. The highest BCUT2D eigenvalue weighted by Gasteiger charge is 2.02. The second kappa shape index (κ2) is 2.44. The van der Waals surface area contributed by atoms with Crippen molar-refractivity contribution in [3.63, 3.8) is 0 Å². The van der Waals surface area contributed by atoms with Crippen molar-refractivity contribution in [3.05, 3.63) is 36.4 Å². The number of hydrogen-bond donors (Lipinski definition) is 1. The molecular weight excluding hydrogens is 155 g/mol. The molecule has 0 fully saturated rings. The third-order valence-electron chi connectivity index (χ3n) is 1.77. The van der Waals surface area contributed by atoms with Gasteiger partial charge in [-0.2, -0.15) is 0 Å². The van der Waals surface area contributed by atoms with E-state index in [0.717, 1.165) is 5.39 Å². The number of pyridine rings is 1. The molecule has 2 aromatic rings. The molecule has 0 amide bonds. The number of hydrogen-bond acceptors (Lipinski definition) is 2. The Kier molecular flexibility index (Phi) is 1.43. The van der Waals surface area contributed by atoms with Crippen LogP contribution in [0.25, 0.3) is 10.8 Å². The lowest BCUT2D eigenvalue weighted by Gasteiger charge is -2.00. The zero-order valence-corrected chi connectivity index (χ0v) is 6.29. The van der Waals surface area contributed by atoms with Gasteiger partial charge in [0.05, 0.1) is 6.20 Å². The fraction of sp³-hybridized carbons (Fsp3) is 0. The van der Waals surface area contributed by atoms with Crippen LogP contribution in [0, 0.1) is 5.82 Å². The lowest BCUT2D eigenvalue weighted by atomic mass is 10.1. The van der Waals surface area contributed by atoms with Crippen LogP contribution in [-0.4, -0.2) is 4.98 Å². The molecule has 0 bridgehead atoms. The summed E-state index contributed by atoms with van der Waals surface area (Å²) in [5, 5.41) is 1.18. The fourth-order valence-corrected chi connectivity index (χ4v) is 1.22. The Balaban J connectivity index is 2.96. The van der Waals surface area contributed by atoms with Crippen LogP contribution in [0.1, 0.15) is 0 Å². The number of fused-ring (bicyclic) bond motifs is 1. The van der Waals surface area contributed by atoms with Crippen molar-refractivity contribution in [1.82, 2.24) is 4.98 Å². The number of nitrogens with zero attached hydrogens (tertiary/aromatic N) is 1. The minimum atomic E-state index is -0.370. The predicted molar refractivity (Wildman–Crippen MR) is 46.1 cm³/mol. The lowest BCUT2D eigenvalue weighted by Crippen LogP contribution is -1.90. The minimum Gasteiger partial charge on any atom is -0.398 e. The van der Waals surface area contributed by atoms with Crippen molar-refractivity contribution in [2.45, 2.75) is 0 Å². The maximum absolute atomic E-state index is 13.1. The second-order valence-electron chi connectivity index (χ2n) is 2.57. The van der Waals surface area contributed by atoms with Gasteiger partial charge in [0.1, 0.15) is 0 Å². The van der Waals surface area contributed by atoms with Gasteiger partial charge >= 0.3 is 0 Å². The van der Waals surface area contributed by atoms with Crippen LogP contribution in [-0.2, 0) is 0 Å². The largest absolute Gasteiger partial charge is 0.398 e. The zero-order valence-electron chi connectivity index (χ0n) is 6.29. The first-order valence-electron chi connectivity index (χ1n) is 3.57. The van der Waals surface area contributed by atoms with E-state index in [4.69, 9.17) is 5.73 Å². The first-order chi connectivity index (χ1) is 5.79. The summed E-state index contributed by atoms with van der Waals surface area (Å²) in [6.45, 7) is 0. The van der Waals surface area contributed by atoms with Gasteiger partial charge in [-0.05, 0) is 6.07 Å². The van der Waals surface area contributed by atoms with Crippen molar-refractivity contribution in [3.8, 4) is 0 Å². The molecule has 2 rings (SSSR count). The van der Waals surface area contributed by atoms with Crippen molar-refractivity contribution in [1.29, 1.82) is 0 Å². The predicted octanol–water partition coefficient (Wildman–Crippen LogP) is 1.96. The summed E-state index contributed by atoms with van der Waals surface area (Å²) in [6.07, 6.45) is 2.76. The Bertz CT molecular complexity index is 389. The highest BCUT2D eigenvalue weighted by Crippen LogP contribution is 2.21. The summed E-state index contributed by atoms with van der Waals surface area (Å²) in [4.78, 5) is 3.72. The van der Waals surface area contributed by atoms with E-state index in [1.165, 1.54) is 6.20 Å². The molecule has 0 aliphatic heterocycles. The van der Waals surface area contributed by atoms with Crippen LogP contribution >= 0.6 is 0 Å². The average molecular weight is 162 g/mol. The number of nitrogens with two attached hydrogens (primary N) is 1. The summed E-state index contributed by atoms with van der Waals surface area (Å²) < 4.78 is 13.1. The van der Waals surface area contributed by atoms with Crippen LogP contribution in [0.15, 0.2) is 30.6 Å². The molecule has 0 radical (unpaired) electrons. The van der Waals surface area contributed by atoms with E-state index in [0.29, 0.717) is 11.1 Å². The number of rotatable bonds is 0. The third kappa shape index (κ3) is 0.906. The summed E-state index contributed by atoms with van der Waals surface area (Å²) in [7, 11) is 0. The summed E-state index contributed by atoms with van der Waals surface area (Å²) >= 11 is 0. The van der Waals surface area contributed by atoms with Crippen molar-refractivity contribution >= 4 is 16.5 Å². The number of anilines is 1. The number of aromatic nitrogens is 1. The summed E-state index contributed by atoms with van der Waals surface area (Å²) in [5.74, 6) is -0.370. The Hall–Kier alpha value is -1.64. The molecule has 1 aromatic heterocycles. The Morgan fingerprint density at radius 1 is 1.25 bits per heavy atom. The Labute approximate surface area is 68.8 Å². The lowest BCUT2D eigenvalue weighted by molar-refractivity contribution is 0.634. The molecule has 60 valence electrons. The molecule has 0 atom stereocenters. The number of benzene rings is 1. The van der Waals surface area contributed by atoms with Gasteiger partial charge in [-0.3, -0.25) is 4.98 Å². The SMILES string of the molecule is Nc1cccc2cncc(F)c12. The van der Waals surface area contributed by atoms with Crippen molar-refractivity contribution < 1.29 is 4.39 Å². The molecule has 2 N–H and O–H groups in total. The van der Waals surface area contributed by atoms with Gasteiger partial charge in [0, 0.05) is 22.7 Å². The Morgan fingerprint density at radius 2 is 2.08 bits per heavy atom. The van der Waals surface area contributed by atoms with Crippen molar-refractivity contribution in [2.75, 3.05) is 5.73 Å². The quantitative estimate of drug-likeness (QED) is 0.601. The maximum atomic E-state index is 13.1. The van der Waals surface area contributed by atoms with Gasteiger partial charge in [-0.25, -0.2) is 4.39 Å².